The first-order valence-corrected chi connectivity index (χ1v) is 8.13. The molecule has 2 aliphatic rings. The summed E-state index contributed by atoms with van der Waals surface area (Å²) in [7, 11) is 0. The highest BCUT2D eigenvalue weighted by molar-refractivity contribution is 6.30. The fraction of sp³-hybridized carbons (Fsp3) is 0.625. The van der Waals surface area contributed by atoms with E-state index in [0.29, 0.717) is 6.04 Å². The number of hydrogen-bond donors (Lipinski definition) is 2. The minimum absolute atomic E-state index is 0.443. The molecule has 110 valence electrons. The smallest absolute Gasteiger partial charge is 0.0410 e. The fourth-order valence-electron chi connectivity index (χ4n) is 3.78. The first-order valence-electron chi connectivity index (χ1n) is 7.75. The van der Waals surface area contributed by atoms with Gasteiger partial charge in [-0.25, -0.2) is 0 Å². The average molecular weight is 294 g/mol. The van der Waals surface area contributed by atoms with Gasteiger partial charge in [0.2, 0.25) is 0 Å². The Morgan fingerprint density at radius 3 is 2.60 bits per heavy atom. The molecule has 4 heteroatoms. The largest absolute Gasteiger partial charge is 0.398 e. The molecule has 1 heterocycles. The predicted octanol–water partition coefficient (Wildman–Crippen LogP) is 3.06. The van der Waals surface area contributed by atoms with Crippen molar-refractivity contribution in [1.82, 2.24) is 10.2 Å². The maximum atomic E-state index is 6.26. The Hall–Kier alpha value is -0.770. The second-order valence-corrected chi connectivity index (χ2v) is 6.49. The van der Waals surface area contributed by atoms with Crippen molar-refractivity contribution in [1.29, 1.82) is 0 Å². The van der Waals surface area contributed by atoms with Crippen LogP contribution in [0.15, 0.2) is 18.2 Å². The van der Waals surface area contributed by atoms with Crippen LogP contribution >= 0.6 is 11.6 Å². The molecule has 0 aromatic heterocycles. The Morgan fingerprint density at radius 1 is 1.20 bits per heavy atom. The average Bonchev–Trinajstić information content (AvgIpc) is 2.98. The lowest BCUT2D eigenvalue weighted by Gasteiger charge is -2.39. The molecule has 1 saturated carbocycles. The molecule has 0 radical (unpaired) electrons. The molecule has 3 rings (SSSR count). The number of nitrogens with zero attached hydrogens (tertiary/aromatic N) is 1. The Morgan fingerprint density at radius 2 is 1.90 bits per heavy atom. The van der Waals surface area contributed by atoms with E-state index in [4.69, 9.17) is 17.3 Å². The summed E-state index contributed by atoms with van der Waals surface area (Å²) in [6.45, 7) is 4.35. The molecular weight excluding hydrogens is 270 g/mol. The molecular formula is C16H24ClN3. The minimum atomic E-state index is 0.443. The van der Waals surface area contributed by atoms with E-state index < -0.39 is 0 Å². The maximum Gasteiger partial charge on any atom is 0.0410 e. The van der Waals surface area contributed by atoms with Gasteiger partial charge < -0.3 is 11.1 Å². The van der Waals surface area contributed by atoms with E-state index in [1.54, 1.807) is 0 Å². The van der Waals surface area contributed by atoms with Crippen molar-refractivity contribution < 1.29 is 0 Å². The van der Waals surface area contributed by atoms with Gasteiger partial charge in [0, 0.05) is 42.9 Å². The summed E-state index contributed by atoms with van der Waals surface area (Å²) < 4.78 is 0. The van der Waals surface area contributed by atoms with E-state index in [-0.39, 0.29) is 0 Å². The molecule has 0 spiro atoms. The maximum absolute atomic E-state index is 6.26. The minimum Gasteiger partial charge on any atom is -0.398 e. The van der Waals surface area contributed by atoms with Crippen LogP contribution in [0.4, 0.5) is 5.69 Å². The third-order valence-corrected chi connectivity index (χ3v) is 4.99. The van der Waals surface area contributed by atoms with Crippen LogP contribution in [0.5, 0.6) is 0 Å². The number of nitrogens with one attached hydrogen (secondary N) is 1. The normalized spacial score (nSPS) is 23.1. The monoisotopic (exact) mass is 293 g/mol. The Labute approximate surface area is 126 Å². The summed E-state index contributed by atoms with van der Waals surface area (Å²) >= 11 is 6.22. The van der Waals surface area contributed by atoms with Crippen molar-refractivity contribution in [3.05, 3.63) is 28.8 Å². The number of halogens is 1. The molecule has 3 nitrogen and oxygen atoms in total. The lowest BCUT2D eigenvalue weighted by Crippen LogP contribution is -2.46. The number of hydrogen-bond acceptors (Lipinski definition) is 3. The van der Waals surface area contributed by atoms with Gasteiger partial charge in [-0.05, 0) is 42.5 Å². The van der Waals surface area contributed by atoms with Crippen LogP contribution in [0.25, 0.3) is 0 Å². The highest BCUT2D eigenvalue weighted by Crippen LogP contribution is 2.42. The van der Waals surface area contributed by atoms with Crippen LogP contribution in [-0.4, -0.2) is 31.1 Å². The first kappa shape index (κ1) is 14.2. The number of anilines is 1. The summed E-state index contributed by atoms with van der Waals surface area (Å²) in [4.78, 5) is 2.61. The predicted molar refractivity (Wildman–Crippen MR) is 85.0 cm³/mol. The van der Waals surface area contributed by atoms with Crippen molar-refractivity contribution >= 4 is 17.3 Å². The summed E-state index contributed by atoms with van der Waals surface area (Å²) in [6, 6.07) is 6.38. The zero-order chi connectivity index (χ0) is 13.9. The molecule has 1 atom stereocenters. The second-order valence-electron chi connectivity index (χ2n) is 6.05. The van der Waals surface area contributed by atoms with E-state index >= 15 is 0 Å². The zero-order valence-corrected chi connectivity index (χ0v) is 12.7. The number of rotatable bonds is 3. The number of piperazine rings is 1. The van der Waals surface area contributed by atoms with Crippen LogP contribution in [0.1, 0.15) is 37.3 Å². The highest BCUT2D eigenvalue weighted by Gasteiger charge is 2.32. The lowest BCUT2D eigenvalue weighted by molar-refractivity contribution is 0.126. The van der Waals surface area contributed by atoms with Gasteiger partial charge in [-0.3, -0.25) is 4.90 Å². The van der Waals surface area contributed by atoms with Gasteiger partial charge in [-0.2, -0.15) is 0 Å². The molecule has 0 unspecified atom stereocenters. The number of nitrogen functional groups attached to an aromatic ring is 1. The van der Waals surface area contributed by atoms with Crippen molar-refractivity contribution in [3.8, 4) is 0 Å². The van der Waals surface area contributed by atoms with Crippen LogP contribution in [0, 0.1) is 5.92 Å². The molecule has 1 aromatic carbocycles. The van der Waals surface area contributed by atoms with Crippen LogP contribution < -0.4 is 11.1 Å². The van der Waals surface area contributed by atoms with Crippen molar-refractivity contribution in [3.63, 3.8) is 0 Å². The SMILES string of the molecule is Nc1ccc(Cl)cc1[C@H](C1CCCC1)N1CCNCC1. The molecule has 3 N–H and O–H groups in total. The Bertz CT molecular complexity index is 451. The molecule has 20 heavy (non-hydrogen) atoms. The van der Waals surface area contributed by atoms with E-state index in [0.717, 1.165) is 42.8 Å². The third kappa shape index (κ3) is 2.95. The highest BCUT2D eigenvalue weighted by atomic mass is 35.5. The fourth-order valence-corrected chi connectivity index (χ4v) is 3.96. The van der Waals surface area contributed by atoms with Crippen molar-refractivity contribution in [2.24, 2.45) is 5.92 Å². The summed E-state index contributed by atoms with van der Waals surface area (Å²) in [5, 5.41) is 4.24. The van der Waals surface area contributed by atoms with Gasteiger partial charge in [0.15, 0.2) is 0 Å². The molecule has 1 aliphatic heterocycles. The van der Waals surface area contributed by atoms with E-state index in [1.165, 1.54) is 31.2 Å². The summed E-state index contributed by atoms with van der Waals surface area (Å²) in [5.41, 5.74) is 8.40. The lowest BCUT2D eigenvalue weighted by atomic mass is 9.89. The molecule has 1 saturated heterocycles. The molecule has 2 fully saturated rings. The van der Waals surface area contributed by atoms with Crippen LogP contribution in [0.2, 0.25) is 5.02 Å². The number of nitrogens with two attached hydrogens (primary N) is 1. The van der Waals surface area contributed by atoms with E-state index in [9.17, 15) is 0 Å². The molecule has 1 aromatic rings. The van der Waals surface area contributed by atoms with Crippen molar-refractivity contribution in [2.75, 3.05) is 31.9 Å². The summed E-state index contributed by atoms with van der Waals surface area (Å²) in [6.07, 6.45) is 5.35. The van der Waals surface area contributed by atoms with Gasteiger partial charge in [-0.1, -0.05) is 24.4 Å². The standard InChI is InChI=1S/C16H24ClN3/c17-13-5-6-15(18)14(11-13)16(12-3-1-2-4-12)20-9-7-19-8-10-20/h5-6,11-12,16,19H,1-4,7-10,18H2/t16-/m0/s1. The van der Waals surface area contributed by atoms with Gasteiger partial charge in [0.1, 0.15) is 0 Å². The number of benzene rings is 1. The first-order chi connectivity index (χ1) is 9.75. The van der Waals surface area contributed by atoms with Gasteiger partial charge in [0.25, 0.3) is 0 Å². The van der Waals surface area contributed by atoms with Gasteiger partial charge in [-0.15, -0.1) is 0 Å². The molecule has 1 aliphatic carbocycles. The third-order valence-electron chi connectivity index (χ3n) is 4.76. The van der Waals surface area contributed by atoms with Crippen LogP contribution in [-0.2, 0) is 0 Å². The van der Waals surface area contributed by atoms with Crippen molar-refractivity contribution in [2.45, 2.75) is 31.7 Å². The summed E-state index contributed by atoms with van der Waals surface area (Å²) in [5.74, 6) is 0.730. The Balaban J connectivity index is 1.92. The van der Waals surface area contributed by atoms with E-state index in [2.05, 4.69) is 16.3 Å². The second kappa shape index (κ2) is 6.33. The van der Waals surface area contributed by atoms with Crippen LogP contribution in [0.3, 0.4) is 0 Å². The zero-order valence-electron chi connectivity index (χ0n) is 11.9. The molecule has 0 bridgehead atoms. The topological polar surface area (TPSA) is 41.3 Å². The van der Waals surface area contributed by atoms with Gasteiger partial charge >= 0.3 is 0 Å². The Kier molecular flexibility index (Phi) is 4.49. The quantitative estimate of drug-likeness (QED) is 0.842. The van der Waals surface area contributed by atoms with E-state index in [1.807, 2.05) is 12.1 Å². The van der Waals surface area contributed by atoms with Gasteiger partial charge in [0.05, 0.1) is 0 Å². The molecule has 0 amide bonds.